The van der Waals surface area contributed by atoms with Gasteiger partial charge in [0.2, 0.25) is 17.6 Å². The molecule has 1 unspecified atom stereocenters. The highest BCUT2D eigenvalue weighted by Gasteiger charge is 2.39. The van der Waals surface area contributed by atoms with E-state index in [9.17, 15) is 19.2 Å². The smallest absolute Gasteiger partial charge is 0.289 e. The fourth-order valence-corrected chi connectivity index (χ4v) is 9.28. The molecule has 18 heteroatoms. The number of methoxy groups -OCH3 is 1. The first kappa shape index (κ1) is 41.6. The number of piperidine rings is 1. The van der Waals surface area contributed by atoms with Crippen LogP contribution in [0.5, 0.6) is 5.75 Å². The van der Waals surface area contributed by atoms with Crippen LogP contribution in [0.15, 0.2) is 47.1 Å². The average molecular weight is 879 g/mol. The maximum Gasteiger partial charge on any atom is 0.289 e. The lowest BCUT2D eigenvalue weighted by Gasteiger charge is -2.29. The van der Waals surface area contributed by atoms with E-state index in [1.165, 1.54) is 0 Å². The summed E-state index contributed by atoms with van der Waals surface area (Å²) >= 11 is 0. The predicted octanol–water partition coefficient (Wildman–Crippen LogP) is 6.25. The minimum atomic E-state index is -0.641. The number of imidazole rings is 1. The first-order chi connectivity index (χ1) is 31.6. The van der Waals surface area contributed by atoms with E-state index in [4.69, 9.17) is 24.3 Å². The number of nitrogens with one attached hydrogen (secondary N) is 5. The Bertz CT molecular complexity index is 3010. The molecule has 1 saturated carbocycles. The van der Waals surface area contributed by atoms with Crippen LogP contribution in [0.25, 0.3) is 33.1 Å². The number of hydrogen-bond acceptors (Lipinski definition) is 12. The van der Waals surface area contributed by atoms with Gasteiger partial charge in [0.1, 0.15) is 40.7 Å². The lowest BCUT2D eigenvalue weighted by molar-refractivity contribution is -0.136. The minimum Gasteiger partial charge on any atom is -0.496 e. The highest BCUT2D eigenvalue weighted by molar-refractivity contribution is 6.14. The van der Waals surface area contributed by atoms with Crippen molar-refractivity contribution in [3.8, 4) is 16.9 Å². The van der Waals surface area contributed by atoms with Crippen LogP contribution >= 0.6 is 0 Å². The van der Waals surface area contributed by atoms with Crippen LogP contribution in [0.1, 0.15) is 112 Å². The molecule has 0 bridgehead atoms. The van der Waals surface area contributed by atoms with Crippen LogP contribution in [-0.2, 0) is 41.9 Å². The molecule has 1 aliphatic carbocycles. The maximum atomic E-state index is 13.8. The molecule has 2 aromatic carbocycles. The number of imide groups is 1. The normalized spacial score (nSPS) is 16.2. The van der Waals surface area contributed by atoms with E-state index in [0.29, 0.717) is 85.2 Å². The van der Waals surface area contributed by atoms with E-state index in [0.717, 1.165) is 87.6 Å². The summed E-state index contributed by atoms with van der Waals surface area (Å²) in [5.41, 5.74) is 8.34. The molecule has 1 saturated heterocycles. The number of anilines is 2. The van der Waals surface area contributed by atoms with Crippen LogP contribution in [0.3, 0.4) is 0 Å². The van der Waals surface area contributed by atoms with Crippen LogP contribution in [0.4, 0.5) is 11.6 Å². The summed E-state index contributed by atoms with van der Waals surface area (Å²) in [7, 11) is 1.63. The van der Waals surface area contributed by atoms with Crippen molar-refractivity contribution in [2.24, 2.45) is 0 Å². The van der Waals surface area contributed by atoms with Gasteiger partial charge in [0.05, 0.1) is 29.4 Å². The Morgan fingerprint density at radius 1 is 1.00 bits per heavy atom. The number of rotatable bonds is 16. The summed E-state index contributed by atoms with van der Waals surface area (Å²) in [6, 6.07) is 11.1. The zero-order valence-corrected chi connectivity index (χ0v) is 36.8. The van der Waals surface area contributed by atoms with Gasteiger partial charge in [-0.3, -0.25) is 24.5 Å². The molecule has 4 amide bonds. The van der Waals surface area contributed by atoms with Gasteiger partial charge in [0.25, 0.3) is 11.8 Å². The first-order valence-electron chi connectivity index (χ1n) is 22.3. The van der Waals surface area contributed by atoms with Crippen molar-refractivity contribution in [2.75, 3.05) is 19.0 Å². The molecular formula is C47H50N12O6. The molecule has 5 N–H and O–H groups in total. The molecule has 7 aromatic rings. The number of hydrogen-bond donors (Lipinski definition) is 5. The van der Waals surface area contributed by atoms with Crippen LogP contribution in [0.2, 0.25) is 0 Å². The van der Waals surface area contributed by atoms with E-state index in [1.54, 1.807) is 12.0 Å². The van der Waals surface area contributed by atoms with Crippen LogP contribution in [0, 0.1) is 13.8 Å². The average Bonchev–Trinajstić information content (AvgIpc) is 3.55. The van der Waals surface area contributed by atoms with E-state index in [1.807, 2.05) is 62.0 Å². The van der Waals surface area contributed by atoms with Crippen molar-refractivity contribution in [3.63, 3.8) is 0 Å². The number of aromatic amines is 2. The number of aryl methyl sites for hydroxylation is 6. The highest BCUT2D eigenvalue weighted by atomic mass is 16.5. The SMILES string of the molecule is CCn1nc(C2CC2)cc1Nc1nc(C(=O)NCCCc2cnc(CCCc3cccc4c3CN(C3CCC(=O)NC3=O)C4=O)[nH]2)nc2[nH]c3cc(-c4c(C)noc4C)c(OC)cc3c12. The number of H-pyrrole nitrogens is 2. The predicted molar refractivity (Wildman–Crippen MR) is 240 cm³/mol. The van der Waals surface area contributed by atoms with Crippen molar-refractivity contribution in [3.05, 3.63) is 93.8 Å². The third-order valence-corrected chi connectivity index (χ3v) is 12.7. The monoisotopic (exact) mass is 878 g/mol. The molecule has 5 aromatic heterocycles. The number of amides is 4. The van der Waals surface area contributed by atoms with E-state index >= 15 is 0 Å². The van der Waals surface area contributed by atoms with Gasteiger partial charge in [0.15, 0.2) is 0 Å². The molecule has 2 fully saturated rings. The molecule has 18 nitrogen and oxygen atoms in total. The Morgan fingerprint density at radius 2 is 1.86 bits per heavy atom. The van der Waals surface area contributed by atoms with Crippen molar-refractivity contribution in [1.82, 2.24) is 55.4 Å². The van der Waals surface area contributed by atoms with Gasteiger partial charge in [0, 0.05) is 78.4 Å². The van der Waals surface area contributed by atoms with Gasteiger partial charge in [-0.05, 0) is 95.0 Å². The second kappa shape index (κ2) is 17.0. The molecule has 65 heavy (non-hydrogen) atoms. The molecule has 0 radical (unpaired) electrons. The number of aromatic nitrogens is 8. The Hall–Kier alpha value is -7.37. The Kier molecular flexibility index (Phi) is 10.9. The molecule has 10 rings (SSSR count). The number of carbonyl (C=O) groups excluding carboxylic acids is 4. The second-order valence-corrected chi connectivity index (χ2v) is 17.1. The Morgan fingerprint density at radius 3 is 2.63 bits per heavy atom. The summed E-state index contributed by atoms with van der Waals surface area (Å²) in [6.07, 6.45) is 8.23. The van der Waals surface area contributed by atoms with E-state index < -0.39 is 17.9 Å². The zero-order chi connectivity index (χ0) is 44.9. The molecular weight excluding hydrogens is 829 g/mol. The molecule has 0 spiro atoms. The van der Waals surface area contributed by atoms with Gasteiger partial charge >= 0.3 is 0 Å². The highest BCUT2D eigenvalue weighted by Crippen LogP contribution is 2.43. The van der Waals surface area contributed by atoms with Gasteiger partial charge < -0.3 is 34.8 Å². The summed E-state index contributed by atoms with van der Waals surface area (Å²) in [5, 5.41) is 19.4. The topological polar surface area (TPSA) is 231 Å². The van der Waals surface area contributed by atoms with Crippen molar-refractivity contribution < 1.29 is 28.4 Å². The summed E-state index contributed by atoms with van der Waals surface area (Å²) < 4.78 is 13.3. The molecule has 334 valence electrons. The molecule has 3 aliphatic rings. The summed E-state index contributed by atoms with van der Waals surface area (Å²) in [5.74, 6) is 2.63. The summed E-state index contributed by atoms with van der Waals surface area (Å²) in [6.45, 7) is 7.21. The number of ether oxygens (including phenoxy) is 1. The number of benzene rings is 2. The van der Waals surface area contributed by atoms with Crippen molar-refractivity contribution in [2.45, 2.75) is 104 Å². The number of carbonyl (C=O) groups is 4. The molecule has 7 heterocycles. The molecule has 1 atom stereocenters. The van der Waals surface area contributed by atoms with Crippen LogP contribution < -0.4 is 20.7 Å². The fourth-order valence-electron chi connectivity index (χ4n) is 9.28. The van der Waals surface area contributed by atoms with Gasteiger partial charge in [-0.15, -0.1) is 0 Å². The van der Waals surface area contributed by atoms with E-state index in [-0.39, 0.29) is 24.1 Å². The lowest BCUT2D eigenvalue weighted by atomic mass is 9.99. The quantitative estimate of drug-likeness (QED) is 0.0536. The van der Waals surface area contributed by atoms with Gasteiger partial charge in [-0.25, -0.2) is 19.6 Å². The first-order valence-corrected chi connectivity index (χ1v) is 22.3. The molecule has 2 aliphatic heterocycles. The summed E-state index contributed by atoms with van der Waals surface area (Å²) in [4.78, 5) is 73.9. The lowest BCUT2D eigenvalue weighted by Crippen LogP contribution is -2.52. The Labute approximate surface area is 373 Å². The minimum absolute atomic E-state index is 0.0235. The third kappa shape index (κ3) is 7.97. The largest absolute Gasteiger partial charge is 0.496 e. The maximum absolute atomic E-state index is 13.8. The number of fused-ring (bicyclic) bond motifs is 4. The fraction of sp³-hybridized carbons (Fsp3) is 0.383. The third-order valence-electron chi connectivity index (χ3n) is 12.7. The van der Waals surface area contributed by atoms with Crippen molar-refractivity contribution >= 4 is 57.2 Å². The van der Waals surface area contributed by atoms with Crippen LogP contribution in [-0.4, -0.2) is 88.1 Å². The second-order valence-electron chi connectivity index (χ2n) is 17.1. The standard InChI is InChI=1S/C47H50N12O6/c1-5-59-38(21-33(56-59)27-14-15-27)52-43-41-30-20-36(64-4)31(40-24(2)57-65-25(40)3)19-34(30)51-42(41)54-44(55-43)46(62)48-18-8-11-28-22-49-37(50-28)13-7-10-26-9-6-12-29-32(26)23-58(47(29)63)35-16-17-39(60)53-45(35)61/h6,9,12,19-22,27,35H,5,7-8,10-11,13-18,23H2,1-4H3,(H,48,62)(H,49,50)(H,53,60,61)(H2,51,52,54,55). The van der Waals surface area contributed by atoms with Gasteiger partial charge in [-0.1, -0.05) is 17.3 Å². The zero-order valence-electron chi connectivity index (χ0n) is 36.8. The van der Waals surface area contributed by atoms with E-state index in [2.05, 4.69) is 42.1 Å². The van der Waals surface area contributed by atoms with Crippen molar-refractivity contribution in [1.29, 1.82) is 0 Å². The Balaban J connectivity index is 0.805. The van der Waals surface area contributed by atoms with Gasteiger partial charge in [-0.2, -0.15) is 5.10 Å². The number of nitrogens with zero attached hydrogens (tertiary/aromatic N) is 7.